The third-order valence-electron chi connectivity index (χ3n) is 3.72. The average molecular weight is 296 g/mol. The predicted molar refractivity (Wildman–Crippen MR) is 82.6 cm³/mol. The number of ether oxygens (including phenoxy) is 1. The Morgan fingerprint density at radius 3 is 2.65 bits per heavy atom. The Labute approximate surface area is 125 Å². The molecule has 0 aliphatic rings. The van der Waals surface area contributed by atoms with Crippen molar-refractivity contribution in [2.75, 3.05) is 13.0 Å². The van der Waals surface area contributed by atoms with Crippen molar-refractivity contribution in [1.29, 1.82) is 0 Å². The normalized spacial score (nSPS) is 12.1. The fraction of sp³-hybridized carbons (Fsp3) is 0.600. The average Bonchev–Trinajstić information content (AvgIpc) is 2.76. The first kappa shape index (κ1) is 15.1. The fourth-order valence-corrected chi connectivity index (χ4v) is 2.30. The number of hydrogen-bond acceptors (Lipinski definition) is 3. The van der Waals surface area contributed by atoms with E-state index in [-0.39, 0.29) is 5.41 Å². The molecule has 0 saturated heterocycles. The van der Waals surface area contributed by atoms with Gasteiger partial charge in [0.05, 0.1) is 7.11 Å². The molecule has 0 aliphatic carbocycles. The molecule has 0 spiro atoms. The zero-order valence-electron chi connectivity index (χ0n) is 12.6. The van der Waals surface area contributed by atoms with Crippen LogP contribution in [0.5, 0.6) is 5.88 Å². The molecule has 4 nitrogen and oxygen atoms in total. The third-order valence-corrected chi connectivity index (χ3v) is 3.91. The molecular weight excluding hydrogens is 274 g/mol. The number of imidazole rings is 1. The van der Waals surface area contributed by atoms with Crippen LogP contribution in [-0.4, -0.2) is 27.5 Å². The first-order chi connectivity index (χ1) is 9.50. The second kappa shape index (κ2) is 6.00. The van der Waals surface area contributed by atoms with Crippen molar-refractivity contribution in [3.05, 3.63) is 18.0 Å². The van der Waals surface area contributed by atoms with E-state index in [1.165, 1.54) is 0 Å². The number of methoxy groups -OCH3 is 1. The van der Waals surface area contributed by atoms with Crippen LogP contribution in [0.3, 0.4) is 0 Å². The molecule has 5 heteroatoms. The Balaban J connectivity index is 2.53. The molecule has 0 bridgehead atoms. The summed E-state index contributed by atoms with van der Waals surface area (Å²) in [5.41, 5.74) is 1.98. The van der Waals surface area contributed by atoms with E-state index in [0.29, 0.717) is 11.8 Å². The maximum Gasteiger partial charge on any atom is 0.215 e. The van der Waals surface area contributed by atoms with Crippen molar-refractivity contribution in [3.63, 3.8) is 0 Å². The molecule has 20 heavy (non-hydrogen) atoms. The third kappa shape index (κ3) is 3.06. The SMILES string of the molecule is CCC(C)(C)Cn1c(CCCl)nc2ccc(OC)nc21. The van der Waals surface area contributed by atoms with Gasteiger partial charge in [-0.3, -0.25) is 0 Å². The molecule has 0 amide bonds. The van der Waals surface area contributed by atoms with Gasteiger partial charge in [-0.15, -0.1) is 11.6 Å². The molecule has 2 rings (SSSR count). The molecule has 2 aromatic rings. The van der Waals surface area contributed by atoms with Crippen molar-refractivity contribution in [2.24, 2.45) is 5.41 Å². The van der Waals surface area contributed by atoms with Gasteiger partial charge in [-0.1, -0.05) is 20.8 Å². The minimum atomic E-state index is 0.194. The van der Waals surface area contributed by atoms with Gasteiger partial charge in [-0.05, 0) is 17.9 Å². The number of aromatic nitrogens is 3. The van der Waals surface area contributed by atoms with Crippen LogP contribution >= 0.6 is 11.6 Å². The summed E-state index contributed by atoms with van der Waals surface area (Å²) in [6.07, 6.45) is 1.84. The van der Waals surface area contributed by atoms with Crippen LogP contribution in [0, 0.1) is 5.41 Å². The zero-order chi connectivity index (χ0) is 14.8. The van der Waals surface area contributed by atoms with Gasteiger partial charge in [0.2, 0.25) is 5.88 Å². The lowest BCUT2D eigenvalue weighted by atomic mass is 9.90. The molecule has 0 radical (unpaired) electrons. The van der Waals surface area contributed by atoms with Crippen molar-refractivity contribution in [1.82, 2.24) is 14.5 Å². The summed E-state index contributed by atoms with van der Waals surface area (Å²) in [5.74, 6) is 2.18. The van der Waals surface area contributed by atoms with Crippen molar-refractivity contribution in [3.8, 4) is 5.88 Å². The van der Waals surface area contributed by atoms with E-state index in [1.807, 2.05) is 12.1 Å². The molecule has 0 fully saturated rings. The number of rotatable bonds is 6. The van der Waals surface area contributed by atoms with Crippen LogP contribution in [-0.2, 0) is 13.0 Å². The smallest absolute Gasteiger partial charge is 0.215 e. The van der Waals surface area contributed by atoms with Crippen molar-refractivity contribution >= 4 is 22.8 Å². The van der Waals surface area contributed by atoms with Gasteiger partial charge in [0, 0.05) is 24.9 Å². The summed E-state index contributed by atoms with van der Waals surface area (Å²) in [7, 11) is 1.63. The van der Waals surface area contributed by atoms with E-state index >= 15 is 0 Å². The van der Waals surface area contributed by atoms with E-state index in [2.05, 4.69) is 35.3 Å². The summed E-state index contributed by atoms with van der Waals surface area (Å²) in [6, 6.07) is 3.80. The molecule has 0 N–H and O–H groups in total. The van der Waals surface area contributed by atoms with Crippen LogP contribution in [0.1, 0.15) is 33.0 Å². The number of aryl methyl sites for hydroxylation is 1. The lowest BCUT2D eigenvalue weighted by Crippen LogP contribution is -2.20. The highest BCUT2D eigenvalue weighted by molar-refractivity contribution is 6.17. The lowest BCUT2D eigenvalue weighted by Gasteiger charge is -2.24. The maximum atomic E-state index is 5.90. The number of fused-ring (bicyclic) bond motifs is 1. The number of nitrogens with zero attached hydrogens (tertiary/aromatic N) is 3. The van der Waals surface area contributed by atoms with E-state index in [0.717, 1.165) is 36.4 Å². The van der Waals surface area contributed by atoms with Gasteiger partial charge in [-0.25, -0.2) is 4.98 Å². The van der Waals surface area contributed by atoms with Crippen LogP contribution < -0.4 is 4.74 Å². The first-order valence-electron chi connectivity index (χ1n) is 6.97. The molecule has 0 aliphatic heterocycles. The molecule has 0 atom stereocenters. The largest absolute Gasteiger partial charge is 0.481 e. The van der Waals surface area contributed by atoms with Crippen molar-refractivity contribution < 1.29 is 4.74 Å². The molecule has 0 aromatic carbocycles. The standard InChI is InChI=1S/C15H22ClN3O/c1-5-15(2,3)10-19-12(8-9-16)17-11-6-7-13(20-4)18-14(11)19/h6-7H,5,8-10H2,1-4H3. The van der Waals surface area contributed by atoms with Crippen molar-refractivity contribution in [2.45, 2.75) is 40.2 Å². The van der Waals surface area contributed by atoms with Crippen LogP contribution in [0.2, 0.25) is 0 Å². The van der Waals surface area contributed by atoms with Gasteiger partial charge >= 0.3 is 0 Å². The minimum Gasteiger partial charge on any atom is -0.481 e. The summed E-state index contributed by atoms with van der Waals surface area (Å²) >= 11 is 5.90. The van der Waals surface area contributed by atoms with Crippen LogP contribution in [0.25, 0.3) is 11.2 Å². The first-order valence-corrected chi connectivity index (χ1v) is 7.50. The summed E-state index contributed by atoms with van der Waals surface area (Å²) in [6.45, 7) is 7.59. The Kier molecular flexibility index (Phi) is 4.53. The van der Waals surface area contributed by atoms with E-state index < -0.39 is 0 Å². The second-order valence-electron chi connectivity index (χ2n) is 5.77. The minimum absolute atomic E-state index is 0.194. The summed E-state index contributed by atoms with van der Waals surface area (Å²) < 4.78 is 7.41. The summed E-state index contributed by atoms with van der Waals surface area (Å²) in [5, 5.41) is 0. The molecule has 110 valence electrons. The number of alkyl halides is 1. The Hall–Kier alpha value is -1.29. The van der Waals surface area contributed by atoms with E-state index in [9.17, 15) is 0 Å². The number of pyridine rings is 1. The fourth-order valence-electron chi connectivity index (χ4n) is 2.13. The van der Waals surface area contributed by atoms with Crippen LogP contribution in [0.15, 0.2) is 12.1 Å². The highest BCUT2D eigenvalue weighted by Crippen LogP contribution is 2.27. The number of hydrogen-bond donors (Lipinski definition) is 0. The Morgan fingerprint density at radius 1 is 1.30 bits per heavy atom. The van der Waals surface area contributed by atoms with Gasteiger partial charge in [-0.2, -0.15) is 4.98 Å². The van der Waals surface area contributed by atoms with E-state index in [4.69, 9.17) is 16.3 Å². The quantitative estimate of drug-likeness (QED) is 0.764. The maximum absolute atomic E-state index is 5.90. The van der Waals surface area contributed by atoms with Gasteiger partial charge in [0.15, 0.2) is 5.65 Å². The number of halogens is 1. The van der Waals surface area contributed by atoms with E-state index in [1.54, 1.807) is 7.11 Å². The highest BCUT2D eigenvalue weighted by Gasteiger charge is 2.21. The monoisotopic (exact) mass is 295 g/mol. The van der Waals surface area contributed by atoms with Crippen LogP contribution in [0.4, 0.5) is 0 Å². The summed E-state index contributed by atoms with van der Waals surface area (Å²) in [4.78, 5) is 9.21. The highest BCUT2D eigenvalue weighted by atomic mass is 35.5. The van der Waals surface area contributed by atoms with Gasteiger partial charge in [0.1, 0.15) is 11.3 Å². The molecule has 2 aromatic heterocycles. The molecular formula is C15H22ClN3O. The molecule has 0 saturated carbocycles. The lowest BCUT2D eigenvalue weighted by molar-refractivity contribution is 0.293. The van der Waals surface area contributed by atoms with Gasteiger partial charge < -0.3 is 9.30 Å². The second-order valence-corrected chi connectivity index (χ2v) is 6.15. The Bertz CT molecular complexity index is 592. The predicted octanol–water partition coefficient (Wildman–Crippen LogP) is 3.66. The molecule has 2 heterocycles. The topological polar surface area (TPSA) is 39.9 Å². The zero-order valence-corrected chi connectivity index (χ0v) is 13.4. The molecule has 0 unspecified atom stereocenters. The Morgan fingerprint density at radius 2 is 2.05 bits per heavy atom. The van der Waals surface area contributed by atoms with Gasteiger partial charge in [0.25, 0.3) is 0 Å².